The summed E-state index contributed by atoms with van der Waals surface area (Å²) in [6.45, 7) is 0.393. The van der Waals surface area contributed by atoms with E-state index in [2.05, 4.69) is 20.0 Å². The van der Waals surface area contributed by atoms with Crippen molar-refractivity contribution < 1.29 is 13.2 Å². The number of aromatic nitrogens is 2. The van der Waals surface area contributed by atoms with Gasteiger partial charge in [-0.1, -0.05) is 0 Å². The Hall–Kier alpha value is -1.93. The monoisotopic (exact) mass is 282 g/mol. The fourth-order valence-corrected chi connectivity index (χ4v) is 2.06. The Balaban J connectivity index is 1.92. The first-order valence-corrected chi connectivity index (χ1v) is 7.51. The minimum absolute atomic E-state index is 0.164. The first kappa shape index (κ1) is 13.5. The number of nitrogens with zero attached hydrogens (tertiary/aromatic N) is 1. The number of H-pyrrole nitrogens is 1. The molecule has 0 saturated carbocycles. The quantitative estimate of drug-likeness (QED) is 0.663. The van der Waals surface area contributed by atoms with Crippen LogP contribution in [0.5, 0.6) is 0 Å². The number of rotatable bonds is 5. The molecule has 1 aromatic carbocycles. The van der Waals surface area contributed by atoms with Crippen molar-refractivity contribution in [1.82, 2.24) is 20.0 Å². The number of aromatic amines is 1. The molecule has 0 unspecified atom stereocenters. The maximum Gasteiger partial charge on any atom is 0.251 e. The molecule has 1 aromatic heterocycles. The number of benzene rings is 1. The molecule has 8 heteroatoms. The Morgan fingerprint density at radius 2 is 2.16 bits per heavy atom. The summed E-state index contributed by atoms with van der Waals surface area (Å²) in [5.74, 6) is -0.258. The highest BCUT2D eigenvalue weighted by atomic mass is 32.2. The molecule has 19 heavy (non-hydrogen) atoms. The lowest BCUT2D eigenvalue weighted by atomic mass is 10.2. The first-order chi connectivity index (χ1) is 8.96. The molecule has 0 fully saturated rings. The van der Waals surface area contributed by atoms with Gasteiger partial charge in [0.15, 0.2) is 0 Å². The molecule has 0 aliphatic rings. The van der Waals surface area contributed by atoms with Crippen molar-refractivity contribution in [3.05, 3.63) is 30.1 Å². The van der Waals surface area contributed by atoms with Crippen LogP contribution in [-0.4, -0.2) is 43.6 Å². The standard InChI is InChI=1S/C11H14N4O3S/c1-19(17,18)15-5-4-12-11(16)8-2-3-9-10(6-8)14-7-13-9/h2-3,6-7,15H,4-5H2,1H3,(H,12,16)(H,13,14). The van der Waals surface area contributed by atoms with Gasteiger partial charge in [-0.2, -0.15) is 0 Å². The molecule has 0 bridgehead atoms. The summed E-state index contributed by atoms with van der Waals surface area (Å²) in [7, 11) is -3.22. The van der Waals surface area contributed by atoms with Crippen molar-refractivity contribution in [2.24, 2.45) is 0 Å². The van der Waals surface area contributed by atoms with Crippen LogP contribution in [0.3, 0.4) is 0 Å². The third-order valence-electron chi connectivity index (χ3n) is 2.46. The Bertz CT molecular complexity index is 693. The van der Waals surface area contributed by atoms with Crippen molar-refractivity contribution >= 4 is 27.0 Å². The fraction of sp³-hybridized carbons (Fsp3) is 0.273. The summed E-state index contributed by atoms with van der Waals surface area (Å²) in [5, 5.41) is 2.63. The summed E-state index contributed by atoms with van der Waals surface area (Å²) in [4.78, 5) is 18.8. The molecule has 0 radical (unpaired) electrons. The van der Waals surface area contributed by atoms with Crippen molar-refractivity contribution in [2.45, 2.75) is 0 Å². The van der Waals surface area contributed by atoms with E-state index in [0.717, 1.165) is 17.3 Å². The summed E-state index contributed by atoms with van der Waals surface area (Å²) in [5.41, 5.74) is 2.06. The number of nitrogens with one attached hydrogen (secondary N) is 3. The van der Waals surface area contributed by atoms with Gasteiger partial charge in [0, 0.05) is 18.7 Å². The molecular weight excluding hydrogens is 268 g/mol. The molecule has 102 valence electrons. The largest absolute Gasteiger partial charge is 0.351 e. The molecule has 0 aliphatic carbocycles. The molecule has 2 aromatic rings. The molecule has 0 aliphatic heterocycles. The Morgan fingerprint density at radius 3 is 2.89 bits per heavy atom. The number of sulfonamides is 1. The smallest absolute Gasteiger partial charge is 0.251 e. The summed E-state index contributed by atoms with van der Waals surface area (Å²) in [6, 6.07) is 5.11. The van der Waals surface area contributed by atoms with Crippen LogP contribution >= 0.6 is 0 Å². The predicted molar refractivity (Wildman–Crippen MR) is 71.3 cm³/mol. The Morgan fingerprint density at radius 1 is 1.37 bits per heavy atom. The third kappa shape index (κ3) is 3.76. The molecule has 2 rings (SSSR count). The van der Waals surface area contributed by atoms with Crippen LogP contribution < -0.4 is 10.0 Å². The van der Waals surface area contributed by atoms with Crippen molar-refractivity contribution in [1.29, 1.82) is 0 Å². The van der Waals surface area contributed by atoms with Crippen LogP contribution in [0.4, 0.5) is 0 Å². The maximum absolute atomic E-state index is 11.8. The van der Waals surface area contributed by atoms with Crippen LogP contribution in [0, 0.1) is 0 Å². The predicted octanol–water partition coefficient (Wildman–Crippen LogP) is -0.158. The van der Waals surface area contributed by atoms with Gasteiger partial charge in [-0.25, -0.2) is 18.1 Å². The van der Waals surface area contributed by atoms with Crippen LogP contribution in [0.15, 0.2) is 24.5 Å². The fourth-order valence-electron chi connectivity index (χ4n) is 1.59. The lowest BCUT2D eigenvalue weighted by Gasteiger charge is -2.05. The molecule has 1 amide bonds. The number of carbonyl (C=O) groups excluding carboxylic acids is 1. The van der Waals surface area contributed by atoms with Crippen LogP contribution in [0.2, 0.25) is 0 Å². The van der Waals surface area contributed by atoms with E-state index in [1.165, 1.54) is 0 Å². The van der Waals surface area contributed by atoms with Crippen molar-refractivity contribution in [3.8, 4) is 0 Å². The van der Waals surface area contributed by atoms with Crippen LogP contribution in [-0.2, 0) is 10.0 Å². The van der Waals surface area contributed by atoms with Crippen LogP contribution in [0.1, 0.15) is 10.4 Å². The summed E-state index contributed by atoms with van der Waals surface area (Å²) >= 11 is 0. The molecular formula is C11H14N4O3S. The van der Waals surface area contributed by atoms with Crippen molar-refractivity contribution in [3.63, 3.8) is 0 Å². The van der Waals surface area contributed by atoms with Gasteiger partial charge in [0.2, 0.25) is 10.0 Å². The zero-order valence-corrected chi connectivity index (χ0v) is 11.1. The van der Waals surface area contributed by atoms with Crippen LogP contribution in [0.25, 0.3) is 11.0 Å². The van der Waals surface area contributed by atoms with E-state index in [1.807, 2.05) is 0 Å². The topological polar surface area (TPSA) is 104 Å². The van der Waals surface area contributed by atoms with E-state index in [9.17, 15) is 13.2 Å². The second kappa shape index (κ2) is 5.37. The minimum Gasteiger partial charge on any atom is -0.351 e. The van der Waals surface area contributed by atoms with Crippen molar-refractivity contribution in [2.75, 3.05) is 19.3 Å². The SMILES string of the molecule is CS(=O)(=O)NCCNC(=O)c1ccc2nc[nH]c2c1. The normalized spacial score (nSPS) is 11.6. The lowest BCUT2D eigenvalue weighted by Crippen LogP contribution is -2.34. The van der Waals surface area contributed by atoms with E-state index in [4.69, 9.17) is 0 Å². The Kier molecular flexibility index (Phi) is 3.82. The maximum atomic E-state index is 11.8. The number of carbonyl (C=O) groups is 1. The van der Waals surface area contributed by atoms with Gasteiger partial charge in [0.1, 0.15) is 0 Å². The number of hydrogen-bond donors (Lipinski definition) is 3. The van der Waals surface area contributed by atoms with E-state index in [0.29, 0.717) is 5.56 Å². The minimum atomic E-state index is -3.22. The summed E-state index contributed by atoms with van der Waals surface area (Å²) in [6.07, 6.45) is 2.63. The van der Waals surface area contributed by atoms with E-state index >= 15 is 0 Å². The number of hydrogen-bond acceptors (Lipinski definition) is 4. The highest BCUT2D eigenvalue weighted by molar-refractivity contribution is 7.88. The Labute approximate surface area is 110 Å². The molecule has 0 spiro atoms. The average Bonchev–Trinajstić information content (AvgIpc) is 2.80. The number of amides is 1. The number of imidazole rings is 1. The first-order valence-electron chi connectivity index (χ1n) is 5.62. The average molecular weight is 282 g/mol. The molecule has 0 atom stereocenters. The highest BCUT2D eigenvalue weighted by Gasteiger charge is 2.07. The van der Waals surface area contributed by atoms with Gasteiger partial charge in [-0.15, -0.1) is 0 Å². The second-order valence-electron chi connectivity index (χ2n) is 4.06. The zero-order chi connectivity index (χ0) is 13.9. The van der Waals surface area contributed by atoms with Gasteiger partial charge >= 0.3 is 0 Å². The van der Waals surface area contributed by atoms with Gasteiger partial charge < -0.3 is 10.3 Å². The van der Waals surface area contributed by atoms with Gasteiger partial charge in [-0.05, 0) is 18.2 Å². The highest BCUT2D eigenvalue weighted by Crippen LogP contribution is 2.11. The van der Waals surface area contributed by atoms with E-state index in [-0.39, 0.29) is 19.0 Å². The van der Waals surface area contributed by atoms with Gasteiger partial charge in [-0.3, -0.25) is 4.79 Å². The van der Waals surface area contributed by atoms with Gasteiger partial charge in [0.25, 0.3) is 5.91 Å². The molecule has 7 nitrogen and oxygen atoms in total. The second-order valence-corrected chi connectivity index (χ2v) is 5.89. The molecule has 3 N–H and O–H groups in total. The van der Waals surface area contributed by atoms with Gasteiger partial charge in [0.05, 0.1) is 23.6 Å². The molecule has 0 saturated heterocycles. The third-order valence-corrected chi connectivity index (χ3v) is 3.19. The lowest BCUT2D eigenvalue weighted by molar-refractivity contribution is 0.0954. The van der Waals surface area contributed by atoms with E-state index in [1.54, 1.807) is 24.5 Å². The van der Waals surface area contributed by atoms with E-state index < -0.39 is 10.0 Å². The summed E-state index contributed by atoms with van der Waals surface area (Å²) < 4.78 is 24.0. The zero-order valence-electron chi connectivity index (χ0n) is 10.3. The number of fused-ring (bicyclic) bond motifs is 1. The molecule has 1 heterocycles.